The number of rotatable bonds is 2. The summed E-state index contributed by atoms with van der Waals surface area (Å²) in [6.07, 6.45) is -0.686. The predicted molar refractivity (Wildman–Crippen MR) is 43.8 cm³/mol. The van der Waals surface area contributed by atoms with Gasteiger partial charge < -0.3 is 17.8 Å². The lowest BCUT2D eigenvalue weighted by Crippen LogP contribution is -2.36. The van der Waals surface area contributed by atoms with E-state index in [0.717, 1.165) is 0 Å². The van der Waals surface area contributed by atoms with Gasteiger partial charge in [-0.25, -0.2) is 0 Å². The van der Waals surface area contributed by atoms with Crippen LogP contribution >= 0.6 is 0 Å². The molecule has 2 atom stereocenters. The van der Waals surface area contributed by atoms with E-state index in [1.54, 1.807) is 0 Å². The Balaban J connectivity index is 2.38. The smallest absolute Gasteiger partial charge is 0.448 e. The average Bonchev–Trinajstić information content (AvgIpc) is 2.07. The molecule has 0 aromatic heterocycles. The third-order valence-corrected chi connectivity index (χ3v) is 2.53. The quantitative estimate of drug-likeness (QED) is 0.587. The maximum absolute atomic E-state index is 12.0. The van der Waals surface area contributed by atoms with Crippen molar-refractivity contribution in [1.29, 1.82) is 0 Å². The van der Waals surface area contributed by atoms with Gasteiger partial charge in [0.05, 0.1) is 0 Å². The molecule has 1 saturated heterocycles. The Bertz CT molecular complexity index is 149. The molecule has 2 unspecified atom stereocenters. The van der Waals surface area contributed by atoms with Crippen LogP contribution in [0, 0.1) is 11.8 Å². The standard InChI is InChI=1S/C7H14BF3N/c1-6-3-12(4-7(6)2)5-8(9,10)11/h6-7H,3-5H2,1-2H3/q-1. The highest BCUT2D eigenvalue weighted by molar-refractivity contribution is 6.58. The Labute approximate surface area is 71.0 Å². The zero-order valence-corrected chi connectivity index (χ0v) is 7.43. The first-order chi connectivity index (χ1) is 5.38. The summed E-state index contributed by atoms with van der Waals surface area (Å²) in [6.45, 7) is 0.584. The normalized spacial score (nSPS) is 32.8. The average molecular weight is 180 g/mol. The van der Waals surface area contributed by atoms with Crippen LogP contribution in [0.4, 0.5) is 12.9 Å². The van der Waals surface area contributed by atoms with E-state index in [4.69, 9.17) is 0 Å². The van der Waals surface area contributed by atoms with Crippen LogP contribution in [0.3, 0.4) is 0 Å². The molecule has 0 bridgehead atoms. The van der Waals surface area contributed by atoms with E-state index < -0.39 is 13.4 Å². The van der Waals surface area contributed by atoms with Crippen molar-refractivity contribution < 1.29 is 12.9 Å². The van der Waals surface area contributed by atoms with Crippen LogP contribution in [0.25, 0.3) is 0 Å². The van der Waals surface area contributed by atoms with E-state index in [0.29, 0.717) is 24.9 Å². The molecular formula is C7H14BF3N-. The van der Waals surface area contributed by atoms with Crippen LogP contribution in [0.2, 0.25) is 0 Å². The van der Waals surface area contributed by atoms with Gasteiger partial charge in [0.25, 0.3) is 0 Å². The van der Waals surface area contributed by atoms with Gasteiger partial charge in [0.2, 0.25) is 0 Å². The summed E-state index contributed by atoms with van der Waals surface area (Å²) in [6, 6.07) is 0. The van der Waals surface area contributed by atoms with Crippen molar-refractivity contribution in [2.45, 2.75) is 13.8 Å². The summed E-state index contributed by atoms with van der Waals surface area (Å²) < 4.78 is 35.9. The molecule has 0 radical (unpaired) electrons. The molecule has 12 heavy (non-hydrogen) atoms. The SMILES string of the molecule is CC1CN(C[B-](F)(F)F)CC1C. The van der Waals surface area contributed by atoms with E-state index in [-0.39, 0.29) is 0 Å². The van der Waals surface area contributed by atoms with E-state index in [1.165, 1.54) is 4.90 Å². The second-order valence-electron chi connectivity index (χ2n) is 3.88. The molecular weight excluding hydrogens is 166 g/mol. The molecule has 0 aliphatic carbocycles. The summed E-state index contributed by atoms with van der Waals surface area (Å²) >= 11 is 0. The van der Waals surface area contributed by atoms with Gasteiger partial charge in [-0.05, 0) is 31.4 Å². The minimum absolute atomic E-state index is 0.406. The lowest BCUT2D eigenvalue weighted by Gasteiger charge is -2.22. The highest BCUT2D eigenvalue weighted by atomic mass is 19.4. The zero-order chi connectivity index (χ0) is 9.35. The van der Waals surface area contributed by atoms with Crippen LogP contribution in [0.1, 0.15) is 13.8 Å². The maximum atomic E-state index is 12.0. The highest BCUT2D eigenvalue weighted by Crippen LogP contribution is 2.24. The lowest BCUT2D eigenvalue weighted by atomic mass is 9.91. The van der Waals surface area contributed by atoms with Gasteiger partial charge in [-0.15, -0.1) is 0 Å². The second kappa shape index (κ2) is 3.28. The fraction of sp³-hybridized carbons (Fsp3) is 1.00. The summed E-state index contributed by atoms with van der Waals surface area (Å²) in [4.78, 5) is 1.51. The molecule has 0 spiro atoms. The van der Waals surface area contributed by atoms with Crippen molar-refractivity contribution in [3.05, 3.63) is 0 Å². The fourth-order valence-electron chi connectivity index (χ4n) is 1.69. The van der Waals surface area contributed by atoms with Crippen LogP contribution in [-0.4, -0.2) is 31.4 Å². The largest absolute Gasteiger partial charge is 0.492 e. The molecule has 0 aromatic carbocycles. The van der Waals surface area contributed by atoms with Crippen molar-refractivity contribution in [1.82, 2.24) is 4.90 Å². The lowest BCUT2D eigenvalue weighted by molar-refractivity contribution is 0.320. The van der Waals surface area contributed by atoms with Crippen molar-refractivity contribution in [2.75, 3.05) is 19.5 Å². The third-order valence-electron chi connectivity index (χ3n) is 2.53. The van der Waals surface area contributed by atoms with E-state index in [2.05, 4.69) is 0 Å². The zero-order valence-electron chi connectivity index (χ0n) is 7.43. The van der Waals surface area contributed by atoms with Gasteiger partial charge >= 0.3 is 6.98 Å². The minimum Gasteiger partial charge on any atom is -0.448 e. The molecule has 0 saturated carbocycles. The van der Waals surface area contributed by atoms with Crippen molar-refractivity contribution in [3.63, 3.8) is 0 Å². The predicted octanol–water partition coefficient (Wildman–Crippen LogP) is 1.96. The van der Waals surface area contributed by atoms with Gasteiger partial charge in [-0.3, -0.25) is 0 Å². The summed E-state index contributed by atoms with van der Waals surface area (Å²) in [5, 5.41) is 0. The molecule has 1 fully saturated rings. The van der Waals surface area contributed by atoms with Gasteiger partial charge in [-0.1, -0.05) is 13.8 Å². The molecule has 1 rings (SSSR count). The molecule has 0 aromatic rings. The first kappa shape index (κ1) is 9.90. The van der Waals surface area contributed by atoms with E-state index >= 15 is 0 Å². The van der Waals surface area contributed by atoms with Crippen LogP contribution in [0.5, 0.6) is 0 Å². The maximum Gasteiger partial charge on any atom is 0.492 e. The Morgan fingerprint density at radius 2 is 1.58 bits per heavy atom. The van der Waals surface area contributed by atoms with Crippen molar-refractivity contribution in [3.8, 4) is 0 Å². The van der Waals surface area contributed by atoms with Gasteiger partial charge in [0, 0.05) is 0 Å². The molecule has 1 nitrogen and oxygen atoms in total. The molecule has 5 heteroatoms. The third kappa shape index (κ3) is 2.70. The fourth-order valence-corrected chi connectivity index (χ4v) is 1.69. The monoisotopic (exact) mass is 180 g/mol. The summed E-state index contributed by atoms with van der Waals surface area (Å²) in [5.41, 5.74) is 0. The second-order valence-corrected chi connectivity index (χ2v) is 3.88. The van der Waals surface area contributed by atoms with Crippen LogP contribution < -0.4 is 0 Å². The Morgan fingerprint density at radius 3 is 1.92 bits per heavy atom. The Kier molecular flexibility index (Phi) is 2.71. The first-order valence-corrected chi connectivity index (χ1v) is 4.32. The molecule has 0 amide bonds. The van der Waals surface area contributed by atoms with Crippen molar-refractivity contribution in [2.24, 2.45) is 11.8 Å². The summed E-state index contributed by atoms with van der Waals surface area (Å²) in [5.74, 6) is 0.811. The van der Waals surface area contributed by atoms with Gasteiger partial charge in [-0.2, -0.15) is 0 Å². The number of hydrogen-bond acceptors (Lipinski definition) is 1. The molecule has 0 N–H and O–H groups in total. The summed E-state index contributed by atoms with van der Waals surface area (Å²) in [7, 11) is 0. The minimum atomic E-state index is -4.63. The van der Waals surface area contributed by atoms with E-state index in [9.17, 15) is 12.9 Å². The van der Waals surface area contributed by atoms with E-state index in [1.807, 2.05) is 13.8 Å². The van der Waals surface area contributed by atoms with Crippen molar-refractivity contribution >= 4 is 6.98 Å². The van der Waals surface area contributed by atoms with Gasteiger partial charge in [0.15, 0.2) is 0 Å². The molecule has 72 valence electrons. The number of nitrogens with zero attached hydrogens (tertiary/aromatic N) is 1. The van der Waals surface area contributed by atoms with Crippen LogP contribution in [0.15, 0.2) is 0 Å². The molecule has 1 aliphatic rings. The first-order valence-electron chi connectivity index (χ1n) is 4.32. The topological polar surface area (TPSA) is 3.24 Å². The Morgan fingerprint density at radius 1 is 1.17 bits per heavy atom. The molecule has 1 heterocycles. The van der Waals surface area contributed by atoms with Gasteiger partial charge in [0.1, 0.15) is 0 Å². The Hall–Kier alpha value is -0.185. The number of halogens is 3. The molecule has 1 aliphatic heterocycles. The van der Waals surface area contributed by atoms with Crippen LogP contribution in [-0.2, 0) is 0 Å². The number of likely N-dealkylation sites (tertiary alicyclic amines) is 1. The highest BCUT2D eigenvalue weighted by Gasteiger charge is 2.32. The number of hydrogen-bond donors (Lipinski definition) is 0.